The highest BCUT2D eigenvalue weighted by atomic mass is 32.2. The van der Waals surface area contributed by atoms with Crippen LogP contribution in [-0.4, -0.2) is 34.9 Å². The first-order valence-electron chi connectivity index (χ1n) is 13.1. The van der Waals surface area contributed by atoms with E-state index in [1.807, 2.05) is 59.4 Å². The average Bonchev–Trinajstić information content (AvgIpc) is 3.57. The van der Waals surface area contributed by atoms with Crippen molar-refractivity contribution in [2.24, 2.45) is 0 Å². The number of hydrogen-bond donors (Lipinski definition) is 1. The fourth-order valence-corrected chi connectivity index (χ4v) is 6.32. The minimum atomic E-state index is -4.49. The van der Waals surface area contributed by atoms with Gasteiger partial charge in [-0.15, -0.1) is 0 Å². The summed E-state index contributed by atoms with van der Waals surface area (Å²) >= 11 is 0. The van der Waals surface area contributed by atoms with Crippen LogP contribution < -0.4 is 4.72 Å². The van der Waals surface area contributed by atoms with Crippen molar-refractivity contribution in [1.29, 1.82) is 0 Å². The summed E-state index contributed by atoms with van der Waals surface area (Å²) in [7, 11) is -4.49. The maximum absolute atomic E-state index is 13.8. The van der Waals surface area contributed by atoms with Gasteiger partial charge in [0.15, 0.2) is 11.6 Å². The Morgan fingerprint density at radius 2 is 1.71 bits per heavy atom. The van der Waals surface area contributed by atoms with Crippen molar-refractivity contribution < 1.29 is 26.8 Å². The van der Waals surface area contributed by atoms with E-state index in [1.165, 1.54) is 0 Å². The fraction of sp³-hybridized carbons (Fsp3) is 0.129. The first kappa shape index (κ1) is 27.3. The molecule has 2 heterocycles. The third-order valence-corrected chi connectivity index (χ3v) is 8.67. The van der Waals surface area contributed by atoms with E-state index < -0.39 is 38.5 Å². The molecule has 42 heavy (non-hydrogen) atoms. The van der Waals surface area contributed by atoms with Gasteiger partial charge >= 0.3 is 0 Å². The van der Waals surface area contributed by atoms with Crippen molar-refractivity contribution in [2.75, 3.05) is 0 Å². The van der Waals surface area contributed by atoms with Gasteiger partial charge < -0.3 is 4.90 Å². The van der Waals surface area contributed by atoms with Crippen LogP contribution in [0.15, 0.2) is 102 Å². The minimum absolute atomic E-state index is 0.178. The van der Waals surface area contributed by atoms with E-state index in [1.54, 1.807) is 34.0 Å². The molecule has 212 valence electrons. The van der Waals surface area contributed by atoms with Gasteiger partial charge in [-0.3, -0.25) is 14.3 Å². The molecule has 0 aliphatic carbocycles. The summed E-state index contributed by atoms with van der Waals surface area (Å²) in [5.74, 6) is -3.75. The van der Waals surface area contributed by atoms with Gasteiger partial charge in [-0.05, 0) is 57.8 Å². The second-order valence-corrected chi connectivity index (χ2v) is 11.7. The molecule has 0 saturated heterocycles. The zero-order chi connectivity index (χ0) is 29.4. The van der Waals surface area contributed by atoms with Crippen LogP contribution in [0.2, 0.25) is 0 Å². The van der Waals surface area contributed by atoms with E-state index in [0.29, 0.717) is 29.8 Å². The number of sulfonamides is 1. The number of carbonyl (C=O) groups is 2. The van der Waals surface area contributed by atoms with Gasteiger partial charge in [0.25, 0.3) is 15.9 Å². The van der Waals surface area contributed by atoms with Crippen LogP contribution in [0.25, 0.3) is 10.8 Å². The molecule has 8 nitrogen and oxygen atoms in total. The highest BCUT2D eigenvalue weighted by Crippen LogP contribution is 2.38. The minimum Gasteiger partial charge on any atom is -0.327 e. The number of hydrogen-bond acceptors (Lipinski definition) is 5. The number of nitrogens with zero attached hydrogens (tertiary/aromatic N) is 3. The third kappa shape index (κ3) is 5.26. The molecule has 2 amide bonds. The monoisotopic (exact) mass is 586 g/mol. The van der Waals surface area contributed by atoms with Gasteiger partial charge in [0.2, 0.25) is 5.91 Å². The summed E-state index contributed by atoms with van der Waals surface area (Å²) in [5.41, 5.74) is 2.71. The topological polar surface area (TPSA) is 101 Å². The van der Waals surface area contributed by atoms with Crippen LogP contribution in [0.5, 0.6) is 0 Å². The molecular weight excluding hydrogens is 562 g/mol. The number of benzene rings is 4. The summed E-state index contributed by atoms with van der Waals surface area (Å²) in [6.45, 7) is 0.617. The van der Waals surface area contributed by atoms with Crippen molar-refractivity contribution >= 4 is 32.6 Å². The van der Waals surface area contributed by atoms with E-state index in [-0.39, 0.29) is 18.9 Å². The average molecular weight is 587 g/mol. The molecule has 11 heteroatoms. The number of nitrogens with one attached hydrogen (secondary N) is 1. The number of rotatable bonds is 8. The molecule has 0 spiro atoms. The predicted octanol–water partition coefficient (Wildman–Crippen LogP) is 4.96. The normalized spacial score (nSPS) is 14.8. The van der Waals surface area contributed by atoms with Crippen LogP contribution in [0, 0.1) is 11.6 Å². The van der Waals surface area contributed by atoms with Crippen LogP contribution in [0.1, 0.15) is 39.5 Å². The van der Waals surface area contributed by atoms with Gasteiger partial charge in [-0.25, -0.2) is 21.9 Å². The Morgan fingerprint density at radius 3 is 2.50 bits per heavy atom. The van der Waals surface area contributed by atoms with Gasteiger partial charge in [-0.2, -0.15) is 5.10 Å². The highest BCUT2D eigenvalue weighted by molar-refractivity contribution is 7.90. The van der Waals surface area contributed by atoms with Gasteiger partial charge in [0.1, 0.15) is 0 Å². The summed E-state index contributed by atoms with van der Waals surface area (Å²) in [5, 5.41) is 6.16. The first-order valence-corrected chi connectivity index (χ1v) is 14.6. The summed E-state index contributed by atoms with van der Waals surface area (Å²) in [6, 6.07) is 22.0. The Kier molecular flexibility index (Phi) is 7.03. The maximum atomic E-state index is 13.8. The standard InChI is InChI=1S/C31H24F2N4O4S/c32-27-12-10-23(16-28(27)33)42(40,41)35-30(38)17-29-25-11-9-20(18-36-14-4-13-34-36)15-26(25)31(39)37(29)19-22-7-3-6-21-5-1-2-8-24(21)22/h1-16,29H,17-19H2,(H,35,38). The molecule has 1 aliphatic rings. The van der Waals surface area contributed by atoms with Crippen LogP contribution in [-0.2, 0) is 27.9 Å². The Bertz CT molecular complexity index is 1940. The molecule has 1 unspecified atom stereocenters. The van der Waals surface area contributed by atoms with Gasteiger partial charge in [-0.1, -0.05) is 54.6 Å². The number of amides is 2. The molecule has 4 aromatic carbocycles. The molecule has 0 bridgehead atoms. The summed E-state index contributed by atoms with van der Waals surface area (Å²) in [6.07, 6.45) is 3.10. The Morgan fingerprint density at radius 1 is 0.905 bits per heavy atom. The fourth-order valence-electron chi connectivity index (χ4n) is 5.31. The lowest BCUT2D eigenvalue weighted by molar-refractivity contribution is -0.120. The summed E-state index contributed by atoms with van der Waals surface area (Å²) < 4.78 is 56.3. The Labute approximate surface area is 240 Å². The van der Waals surface area contributed by atoms with Crippen molar-refractivity contribution in [3.63, 3.8) is 0 Å². The van der Waals surface area contributed by atoms with E-state index >= 15 is 0 Å². The second-order valence-electron chi connectivity index (χ2n) is 10.0. The zero-order valence-electron chi connectivity index (χ0n) is 22.1. The smallest absolute Gasteiger partial charge is 0.264 e. The van der Waals surface area contributed by atoms with Crippen LogP contribution in [0.3, 0.4) is 0 Å². The van der Waals surface area contributed by atoms with Crippen LogP contribution in [0.4, 0.5) is 8.78 Å². The number of carbonyl (C=O) groups excluding carboxylic acids is 2. The Hall–Kier alpha value is -4.90. The number of fused-ring (bicyclic) bond motifs is 2. The molecule has 0 radical (unpaired) electrons. The lowest BCUT2D eigenvalue weighted by Crippen LogP contribution is -2.35. The van der Waals surface area contributed by atoms with Crippen molar-refractivity contribution in [3.8, 4) is 0 Å². The van der Waals surface area contributed by atoms with Crippen LogP contribution >= 0.6 is 0 Å². The number of aromatic nitrogens is 2. The molecule has 0 saturated carbocycles. The van der Waals surface area contributed by atoms with E-state index in [0.717, 1.165) is 28.0 Å². The molecule has 6 rings (SSSR count). The van der Waals surface area contributed by atoms with Crippen molar-refractivity contribution in [1.82, 2.24) is 19.4 Å². The van der Waals surface area contributed by atoms with Crippen molar-refractivity contribution in [3.05, 3.63) is 131 Å². The van der Waals surface area contributed by atoms with E-state index in [4.69, 9.17) is 0 Å². The van der Waals surface area contributed by atoms with E-state index in [9.17, 15) is 26.8 Å². The molecule has 1 aromatic heterocycles. The predicted molar refractivity (Wildman–Crippen MR) is 151 cm³/mol. The lowest BCUT2D eigenvalue weighted by Gasteiger charge is -2.26. The number of halogens is 2. The highest BCUT2D eigenvalue weighted by Gasteiger charge is 2.39. The maximum Gasteiger partial charge on any atom is 0.264 e. The molecule has 5 aromatic rings. The summed E-state index contributed by atoms with van der Waals surface area (Å²) in [4.78, 5) is 27.9. The molecular formula is C31H24F2N4O4S. The SMILES string of the molecule is O=C(CC1c2ccc(Cn3cccn3)cc2C(=O)N1Cc1cccc2ccccc12)NS(=O)(=O)c1ccc(F)c(F)c1. The molecule has 1 atom stereocenters. The Balaban J connectivity index is 1.32. The van der Waals surface area contributed by atoms with Crippen molar-refractivity contribution in [2.45, 2.75) is 30.4 Å². The quantitative estimate of drug-likeness (QED) is 0.277. The zero-order valence-corrected chi connectivity index (χ0v) is 22.9. The van der Waals surface area contributed by atoms with Gasteiger partial charge in [0.05, 0.1) is 23.9 Å². The molecule has 1 N–H and O–H groups in total. The largest absolute Gasteiger partial charge is 0.327 e. The second kappa shape index (κ2) is 10.8. The van der Waals surface area contributed by atoms with E-state index in [2.05, 4.69) is 5.10 Å². The first-order chi connectivity index (χ1) is 20.2. The van der Waals surface area contributed by atoms with Gasteiger partial charge in [0, 0.05) is 24.5 Å². The molecule has 1 aliphatic heterocycles. The third-order valence-electron chi connectivity index (χ3n) is 7.30. The molecule has 0 fully saturated rings. The lowest BCUT2D eigenvalue weighted by atomic mass is 9.99.